The predicted octanol–water partition coefficient (Wildman–Crippen LogP) is 2.23. The van der Waals surface area contributed by atoms with Crippen molar-refractivity contribution in [2.24, 2.45) is 0 Å². The van der Waals surface area contributed by atoms with E-state index in [9.17, 15) is 9.59 Å². The van der Waals surface area contributed by atoms with Gasteiger partial charge in [0.2, 0.25) is 0 Å². The van der Waals surface area contributed by atoms with E-state index in [1.807, 2.05) is 0 Å². The molecular formula is C9H18AuO2-2. The average Bonchev–Trinajstić information content (AvgIpc) is 1.93. The molecule has 0 saturated heterocycles. The molecule has 0 atom stereocenters. The molecule has 0 aromatic carbocycles. The van der Waals surface area contributed by atoms with Crippen LogP contribution in [0.2, 0.25) is 0 Å². The third-order valence-corrected chi connectivity index (χ3v) is 0.498. The third kappa shape index (κ3) is 49.9. The molecule has 0 N–H and O–H groups in total. The van der Waals surface area contributed by atoms with Crippen LogP contribution in [0.3, 0.4) is 0 Å². The maximum Gasteiger partial charge on any atom is 0.137 e. The minimum Gasteiger partial charge on any atom is -0.346 e. The van der Waals surface area contributed by atoms with Crippen LogP contribution in [0.15, 0.2) is 0 Å². The van der Waals surface area contributed by atoms with Crippen LogP contribution in [0, 0.1) is 13.8 Å². The van der Waals surface area contributed by atoms with Crippen LogP contribution in [-0.4, -0.2) is 11.6 Å². The first-order valence-corrected chi connectivity index (χ1v) is 3.53. The van der Waals surface area contributed by atoms with Gasteiger partial charge in [0.1, 0.15) is 11.6 Å². The van der Waals surface area contributed by atoms with E-state index < -0.39 is 0 Å². The Morgan fingerprint density at radius 1 is 0.917 bits per heavy atom. The monoisotopic (exact) mass is 355 g/mol. The van der Waals surface area contributed by atoms with Gasteiger partial charge in [-0.15, -0.1) is 0 Å². The first-order valence-electron chi connectivity index (χ1n) is 3.53. The maximum atomic E-state index is 10.0. The molecule has 0 aliphatic heterocycles. The summed E-state index contributed by atoms with van der Waals surface area (Å²) in [6.45, 7) is 12.8. The Labute approximate surface area is 91.6 Å². The molecule has 0 saturated carbocycles. The van der Waals surface area contributed by atoms with Crippen molar-refractivity contribution >= 4 is 11.6 Å². The number of ketones is 2. The molecule has 0 aliphatic rings. The molecule has 0 bridgehead atoms. The largest absolute Gasteiger partial charge is 0.346 e. The molecule has 2 nitrogen and oxygen atoms in total. The van der Waals surface area contributed by atoms with Crippen LogP contribution in [0.4, 0.5) is 0 Å². The molecule has 79 valence electrons. The summed E-state index contributed by atoms with van der Waals surface area (Å²) in [5.74, 6) is -0.125. The van der Waals surface area contributed by atoms with Gasteiger partial charge >= 0.3 is 0 Å². The average molecular weight is 355 g/mol. The molecule has 0 unspecified atom stereocenters. The maximum absolute atomic E-state index is 10.0. The van der Waals surface area contributed by atoms with E-state index in [1.54, 1.807) is 13.8 Å². The zero-order valence-electron chi connectivity index (χ0n) is 8.24. The Balaban J connectivity index is -0.0000000560. The van der Waals surface area contributed by atoms with Crippen molar-refractivity contribution < 1.29 is 32.0 Å². The minimum absolute atomic E-state index is 0. The van der Waals surface area contributed by atoms with Crippen LogP contribution >= 0.6 is 0 Å². The zero-order valence-corrected chi connectivity index (χ0v) is 10.4. The summed E-state index contributed by atoms with van der Waals surface area (Å²) in [5.41, 5.74) is 0. The number of hydrogen-bond donors (Lipinski definition) is 0. The first kappa shape index (κ1) is 22.7. The topological polar surface area (TPSA) is 34.1 Å². The standard InChI is InChI=1S/C5H8O2.2C2H5.Au/c1-4(6)3-5(2)7;2*1-2;/h3H2,1-2H3;2*1H2,2H3;/q;2*-1;. The van der Waals surface area contributed by atoms with Crippen molar-refractivity contribution in [2.45, 2.75) is 34.1 Å². The van der Waals surface area contributed by atoms with Crippen molar-refractivity contribution in [1.82, 2.24) is 0 Å². The fraction of sp³-hybridized carbons (Fsp3) is 0.556. The first-order chi connectivity index (χ1) is 5.13. The van der Waals surface area contributed by atoms with Gasteiger partial charge in [-0.2, -0.15) is 13.8 Å². The second-order valence-electron chi connectivity index (χ2n) is 1.58. The molecule has 1 radical (unpaired) electrons. The fourth-order valence-corrected chi connectivity index (χ4v) is 0.351. The number of rotatable bonds is 2. The zero-order chi connectivity index (χ0) is 9.86. The van der Waals surface area contributed by atoms with Crippen molar-refractivity contribution in [3.8, 4) is 0 Å². The molecular weight excluding hydrogens is 337 g/mol. The Morgan fingerprint density at radius 3 is 1.08 bits per heavy atom. The Morgan fingerprint density at radius 2 is 1.08 bits per heavy atom. The SMILES string of the molecule is CC(=O)CC(C)=O.[Au].[CH2-]C.[CH2-]C. The summed E-state index contributed by atoms with van der Waals surface area (Å²) in [7, 11) is 0. The summed E-state index contributed by atoms with van der Waals surface area (Å²) >= 11 is 0. The van der Waals surface area contributed by atoms with Gasteiger partial charge < -0.3 is 13.8 Å². The summed E-state index contributed by atoms with van der Waals surface area (Å²) in [6.07, 6.45) is 0.0833. The predicted molar refractivity (Wildman–Crippen MR) is 48.0 cm³/mol. The van der Waals surface area contributed by atoms with Gasteiger partial charge in [-0.1, -0.05) is 0 Å². The van der Waals surface area contributed by atoms with Crippen LogP contribution in [0.25, 0.3) is 0 Å². The van der Waals surface area contributed by atoms with E-state index in [2.05, 4.69) is 13.8 Å². The quantitative estimate of drug-likeness (QED) is 0.433. The minimum atomic E-state index is -0.0625. The van der Waals surface area contributed by atoms with Gasteiger partial charge in [0.25, 0.3) is 0 Å². The molecule has 0 aromatic rings. The summed E-state index contributed by atoms with van der Waals surface area (Å²) < 4.78 is 0. The molecule has 0 aliphatic carbocycles. The van der Waals surface area contributed by atoms with E-state index >= 15 is 0 Å². The van der Waals surface area contributed by atoms with E-state index in [4.69, 9.17) is 0 Å². The molecule has 12 heavy (non-hydrogen) atoms. The Hall–Kier alpha value is 0.0803. The molecule has 0 spiro atoms. The number of carbonyl (C=O) groups excluding carboxylic acids is 2. The molecule has 0 fully saturated rings. The van der Waals surface area contributed by atoms with Gasteiger partial charge in [0.15, 0.2) is 0 Å². The van der Waals surface area contributed by atoms with Crippen molar-refractivity contribution in [2.75, 3.05) is 0 Å². The Bertz CT molecular complexity index is 88.7. The van der Waals surface area contributed by atoms with Crippen molar-refractivity contribution in [1.29, 1.82) is 0 Å². The number of hydrogen-bond acceptors (Lipinski definition) is 2. The smallest absolute Gasteiger partial charge is 0.137 e. The van der Waals surface area contributed by atoms with E-state index in [0.29, 0.717) is 0 Å². The number of Topliss-reactive ketones (excluding diaryl/α,β-unsaturated/α-hetero) is 2. The van der Waals surface area contributed by atoms with Crippen LogP contribution in [0.1, 0.15) is 34.1 Å². The van der Waals surface area contributed by atoms with Gasteiger partial charge in [-0.05, 0) is 13.8 Å². The van der Waals surface area contributed by atoms with Gasteiger partial charge in [-0.25, -0.2) is 0 Å². The molecule has 0 heterocycles. The summed E-state index contributed by atoms with van der Waals surface area (Å²) in [5, 5.41) is 0. The van der Waals surface area contributed by atoms with E-state index in [1.165, 1.54) is 13.8 Å². The van der Waals surface area contributed by atoms with Gasteiger partial charge in [-0.3, -0.25) is 9.59 Å². The molecule has 3 heteroatoms. The fourth-order valence-electron chi connectivity index (χ4n) is 0.351. The van der Waals surface area contributed by atoms with E-state index in [-0.39, 0.29) is 40.4 Å². The van der Waals surface area contributed by atoms with E-state index in [0.717, 1.165) is 0 Å². The summed E-state index contributed by atoms with van der Waals surface area (Å²) in [6, 6.07) is 0. The van der Waals surface area contributed by atoms with Gasteiger partial charge in [0.05, 0.1) is 6.42 Å². The second kappa shape index (κ2) is 22.5. The normalized spacial score (nSPS) is 5.83. The summed E-state index contributed by atoms with van der Waals surface area (Å²) in [4.78, 5) is 20.1. The second-order valence-corrected chi connectivity index (χ2v) is 1.58. The van der Waals surface area contributed by atoms with Crippen LogP contribution in [0.5, 0.6) is 0 Å². The molecule has 0 amide bonds. The third-order valence-electron chi connectivity index (χ3n) is 0.498. The Kier molecular flexibility index (Phi) is 42.5. The van der Waals surface area contributed by atoms with Crippen molar-refractivity contribution in [3.63, 3.8) is 0 Å². The van der Waals surface area contributed by atoms with Gasteiger partial charge in [0, 0.05) is 22.4 Å². The molecule has 0 aromatic heterocycles. The van der Waals surface area contributed by atoms with Crippen molar-refractivity contribution in [3.05, 3.63) is 13.8 Å². The van der Waals surface area contributed by atoms with Crippen LogP contribution in [-0.2, 0) is 32.0 Å². The number of carbonyl (C=O) groups is 2. The van der Waals surface area contributed by atoms with Crippen LogP contribution < -0.4 is 0 Å². The molecule has 0 rings (SSSR count).